The summed E-state index contributed by atoms with van der Waals surface area (Å²) in [4.78, 5) is 0. The van der Waals surface area contributed by atoms with E-state index in [0.717, 1.165) is 11.3 Å². The van der Waals surface area contributed by atoms with Crippen LogP contribution in [-0.4, -0.2) is 5.40 Å². The van der Waals surface area contributed by atoms with E-state index in [0.29, 0.717) is 0 Å². The molecular weight excluding hydrogens is 146 g/mol. The molecule has 0 bridgehead atoms. The summed E-state index contributed by atoms with van der Waals surface area (Å²) in [7, 11) is 5.78. The van der Waals surface area contributed by atoms with E-state index in [1.165, 1.54) is 32.1 Å². The molecule has 0 radical (unpaired) electrons. The second-order valence-electron chi connectivity index (χ2n) is 2.98. The van der Waals surface area contributed by atoms with Crippen molar-refractivity contribution in [3.05, 3.63) is 0 Å². The zero-order valence-corrected chi connectivity index (χ0v) is 8.15. The fourth-order valence-electron chi connectivity index (χ4n) is 1.52. The van der Waals surface area contributed by atoms with Gasteiger partial charge in [-0.1, -0.05) is 19.3 Å². The molecular formula is C7H16P2. The van der Waals surface area contributed by atoms with Crippen molar-refractivity contribution in [2.75, 3.05) is 0 Å². The molecule has 2 atom stereocenters. The van der Waals surface area contributed by atoms with Gasteiger partial charge < -0.3 is 0 Å². The maximum Gasteiger partial charge on any atom is -0.00899 e. The smallest absolute Gasteiger partial charge is 0.00899 e. The monoisotopic (exact) mass is 162 g/mol. The van der Waals surface area contributed by atoms with Crippen molar-refractivity contribution in [1.82, 2.24) is 0 Å². The molecule has 0 aromatic rings. The zero-order valence-electron chi connectivity index (χ0n) is 5.84. The fourth-order valence-corrected chi connectivity index (χ4v) is 2.29. The minimum absolute atomic E-state index is 0.769. The second-order valence-corrected chi connectivity index (χ2v) is 5.28. The van der Waals surface area contributed by atoms with Gasteiger partial charge in [0.2, 0.25) is 0 Å². The molecule has 0 nitrogen and oxygen atoms in total. The van der Waals surface area contributed by atoms with Gasteiger partial charge in [0, 0.05) is 0 Å². The summed E-state index contributed by atoms with van der Waals surface area (Å²) in [6, 6.07) is 0. The molecule has 0 amide bonds. The lowest BCUT2D eigenvalue weighted by Crippen LogP contribution is -2.11. The first-order valence-corrected chi connectivity index (χ1v) is 5.15. The maximum absolute atomic E-state index is 2.89. The highest BCUT2D eigenvalue weighted by Gasteiger charge is 2.15. The molecule has 1 saturated carbocycles. The van der Waals surface area contributed by atoms with E-state index in [1.54, 1.807) is 0 Å². The van der Waals surface area contributed by atoms with Crippen molar-refractivity contribution in [1.29, 1.82) is 0 Å². The Balaban J connectivity index is 2.23. The lowest BCUT2D eigenvalue weighted by Gasteiger charge is -2.24. The van der Waals surface area contributed by atoms with E-state index in [4.69, 9.17) is 0 Å². The summed E-state index contributed by atoms with van der Waals surface area (Å²) in [5.74, 6) is 0.980. The molecule has 9 heavy (non-hydrogen) atoms. The average molecular weight is 162 g/mol. The van der Waals surface area contributed by atoms with Crippen molar-refractivity contribution in [3.8, 4) is 0 Å². The van der Waals surface area contributed by atoms with Crippen LogP contribution in [0, 0.1) is 5.92 Å². The van der Waals surface area contributed by atoms with Crippen molar-refractivity contribution in [2.45, 2.75) is 37.5 Å². The van der Waals surface area contributed by atoms with Crippen LogP contribution in [0.5, 0.6) is 0 Å². The predicted molar refractivity (Wildman–Crippen MR) is 49.8 cm³/mol. The molecule has 2 unspecified atom stereocenters. The Morgan fingerprint density at radius 1 is 1.00 bits per heavy atom. The predicted octanol–water partition coefficient (Wildman–Crippen LogP) is 2.64. The Morgan fingerprint density at radius 3 is 1.89 bits per heavy atom. The molecule has 0 heterocycles. The van der Waals surface area contributed by atoms with Gasteiger partial charge in [-0.15, -0.1) is 18.5 Å². The molecule has 54 valence electrons. The summed E-state index contributed by atoms with van der Waals surface area (Å²) < 4.78 is 0. The minimum atomic E-state index is 0.769. The highest BCUT2D eigenvalue weighted by molar-refractivity contribution is 7.37. The van der Waals surface area contributed by atoms with Crippen LogP contribution in [0.1, 0.15) is 32.1 Å². The Hall–Kier alpha value is 0.860. The SMILES string of the molecule is PC(P)C1CCCCC1. The third-order valence-electron chi connectivity index (χ3n) is 2.19. The summed E-state index contributed by atoms with van der Waals surface area (Å²) in [6.07, 6.45) is 7.31. The topological polar surface area (TPSA) is 0 Å². The van der Waals surface area contributed by atoms with Crippen molar-refractivity contribution in [2.24, 2.45) is 5.92 Å². The van der Waals surface area contributed by atoms with Crippen LogP contribution in [-0.2, 0) is 0 Å². The molecule has 0 N–H and O–H groups in total. The molecule has 0 aromatic carbocycles. The number of hydrogen-bond acceptors (Lipinski definition) is 0. The first kappa shape index (κ1) is 7.96. The Bertz CT molecular complexity index is 75.0. The zero-order chi connectivity index (χ0) is 6.69. The van der Waals surface area contributed by atoms with E-state index in [9.17, 15) is 0 Å². The van der Waals surface area contributed by atoms with E-state index < -0.39 is 0 Å². The second kappa shape index (κ2) is 3.89. The first-order chi connectivity index (χ1) is 4.30. The van der Waals surface area contributed by atoms with Crippen LogP contribution in [0.3, 0.4) is 0 Å². The first-order valence-electron chi connectivity index (χ1n) is 3.82. The van der Waals surface area contributed by atoms with Gasteiger partial charge >= 0.3 is 0 Å². The quantitative estimate of drug-likeness (QED) is 0.520. The number of rotatable bonds is 1. The summed E-state index contributed by atoms with van der Waals surface area (Å²) in [5, 5.41) is 0.769. The van der Waals surface area contributed by atoms with Gasteiger partial charge in [-0.05, 0) is 24.2 Å². The Kier molecular flexibility index (Phi) is 3.44. The molecule has 2 heteroatoms. The molecule has 0 aliphatic heterocycles. The highest BCUT2D eigenvalue weighted by Crippen LogP contribution is 2.32. The fraction of sp³-hybridized carbons (Fsp3) is 1.00. The molecule has 1 rings (SSSR count). The maximum atomic E-state index is 2.89. The van der Waals surface area contributed by atoms with Gasteiger partial charge in [-0.2, -0.15) is 0 Å². The third-order valence-corrected chi connectivity index (χ3v) is 3.28. The van der Waals surface area contributed by atoms with Gasteiger partial charge in [-0.3, -0.25) is 0 Å². The van der Waals surface area contributed by atoms with Crippen LogP contribution in [0.25, 0.3) is 0 Å². The third kappa shape index (κ3) is 2.52. The van der Waals surface area contributed by atoms with Crippen LogP contribution in [0.15, 0.2) is 0 Å². The van der Waals surface area contributed by atoms with E-state index in [1.807, 2.05) is 0 Å². The van der Waals surface area contributed by atoms with E-state index in [-0.39, 0.29) is 0 Å². The van der Waals surface area contributed by atoms with E-state index in [2.05, 4.69) is 18.5 Å². The molecule has 1 aliphatic rings. The molecule has 0 spiro atoms. The number of hydrogen-bond donors (Lipinski definition) is 0. The lowest BCUT2D eigenvalue weighted by atomic mass is 9.91. The van der Waals surface area contributed by atoms with Gasteiger partial charge in [0.1, 0.15) is 0 Å². The minimum Gasteiger partial charge on any atom is -0.130 e. The largest absolute Gasteiger partial charge is 0.130 e. The normalized spacial score (nSPS) is 23.0. The summed E-state index contributed by atoms with van der Waals surface area (Å²) in [5.41, 5.74) is 0. The van der Waals surface area contributed by atoms with Crippen LogP contribution in [0.4, 0.5) is 0 Å². The van der Waals surface area contributed by atoms with Crippen LogP contribution >= 0.6 is 18.5 Å². The molecule has 0 saturated heterocycles. The van der Waals surface area contributed by atoms with Crippen LogP contribution < -0.4 is 0 Å². The van der Waals surface area contributed by atoms with Crippen molar-refractivity contribution in [3.63, 3.8) is 0 Å². The molecule has 0 aromatic heterocycles. The van der Waals surface area contributed by atoms with Crippen LogP contribution in [0.2, 0.25) is 0 Å². The van der Waals surface area contributed by atoms with Gasteiger partial charge in [0.25, 0.3) is 0 Å². The summed E-state index contributed by atoms with van der Waals surface area (Å²) >= 11 is 0. The van der Waals surface area contributed by atoms with E-state index >= 15 is 0 Å². The van der Waals surface area contributed by atoms with Gasteiger partial charge in [0.05, 0.1) is 0 Å². The Morgan fingerprint density at radius 2 is 1.56 bits per heavy atom. The average Bonchev–Trinajstić information content (AvgIpc) is 1.90. The highest BCUT2D eigenvalue weighted by atomic mass is 31.1. The van der Waals surface area contributed by atoms with Crippen molar-refractivity contribution >= 4 is 18.5 Å². The molecule has 1 aliphatic carbocycles. The molecule has 1 fully saturated rings. The lowest BCUT2D eigenvalue weighted by molar-refractivity contribution is 0.380. The summed E-state index contributed by atoms with van der Waals surface area (Å²) in [6.45, 7) is 0. The van der Waals surface area contributed by atoms with Gasteiger partial charge in [0.15, 0.2) is 0 Å². The Labute approximate surface area is 62.6 Å². The standard InChI is InChI=1S/C7H16P2/c8-7(9)6-4-2-1-3-5-6/h6-7H,1-5,8-9H2. The van der Waals surface area contributed by atoms with Gasteiger partial charge in [-0.25, -0.2) is 0 Å². The van der Waals surface area contributed by atoms with Crippen molar-refractivity contribution < 1.29 is 0 Å².